The van der Waals surface area contributed by atoms with Crippen molar-refractivity contribution in [2.24, 2.45) is 29.6 Å². The summed E-state index contributed by atoms with van der Waals surface area (Å²) in [6.45, 7) is 6.00. The van der Waals surface area contributed by atoms with Crippen molar-refractivity contribution < 1.29 is 4.74 Å². The van der Waals surface area contributed by atoms with Crippen molar-refractivity contribution in [3.05, 3.63) is 0 Å². The second-order valence-corrected chi connectivity index (χ2v) is 6.58. The molecule has 1 aliphatic heterocycles. The van der Waals surface area contributed by atoms with Crippen molar-refractivity contribution in [3.8, 4) is 0 Å². The molecule has 1 saturated heterocycles. The normalized spacial score (nSPS) is 52.9. The molecule has 3 fully saturated rings. The van der Waals surface area contributed by atoms with E-state index in [1.54, 1.807) is 0 Å². The van der Waals surface area contributed by atoms with Gasteiger partial charge in [-0.25, -0.2) is 0 Å². The van der Waals surface area contributed by atoms with Crippen LogP contribution in [0.5, 0.6) is 0 Å². The summed E-state index contributed by atoms with van der Waals surface area (Å²) in [4.78, 5) is 0. The van der Waals surface area contributed by atoms with Crippen molar-refractivity contribution in [3.63, 3.8) is 0 Å². The largest absolute Gasteiger partial charge is 0.378 e. The maximum absolute atomic E-state index is 6.05. The first-order valence-electron chi connectivity index (χ1n) is 7.39. The predicted molar refractivity (Wildman–Crippen MR) is 66.2 cm³/mol. The first kappa shape index (κ1) is 11.1. The van der Waals surface area contributed by atoms with Gasteiger partial charge < -0.3 is 4.74 Å². The van der Waals surface area contributed by atoms with Crippen LogP contribution >= 0.6 is 0 Å². The highest BCUT2D eigenvalue weighted by molar-refractivity contribution is 4.96. The SMILES string of the molecule is CC1CCCC2CC[C@H]3OCCC(C)C3C12. The monoisotopic (exact) mass is 222 g/mol. The third-order valence-electron chi connectivity index (χ3n) is 5.69. The van der Waals surface area contributed by atoms with Crippen molar-refractivity contribution >= 4 is 0 Å². The van der Waals surface area contributed by atoms with Crippen LogP contribution in [0.1, 0.15) is 52.4 Å². The van der Waals surface area contributed by atoms with Gasteiger partial charge in [-0.2, -0.15) is 0 Å². The standard InChI is InChI=1S/C15H26O/c1-10-4-3-5-12-6-7-13-15(14(10)12)11(2)8-9-16-13/h10-15H,3-9H2,1-2H3/t10?,11?,12?,13-,14?,15?/m1/s1. The van der Waals surface area contributed by atoms with Gasteiger partial charge in [0.15, 0.2) is 0 Å². The van der Waals surface area contributed by atoms with Crippen LogP contribution in [0, 0.1) is 29.6 Å². The highest BCUT2D eigenvalue weighted by Crippen LogP contribution is 2.51. The summed E-state index contributed by atoms with van der Waals surface area (Å²) in [5.74, 6) is 4.78. The second-order valence-electron chi connectivity index (χ2n) is 6.58. The number of hydrogen-bond acceptors (Lipinski definition) is 1. The first-order valence-corrected chi connectivity index (χ1v) is 7.39. The Balaban J connectivity index is 1.83. The molecule has 0 amide bonds. The van der Waals surface area contributed by atoms with Crippen molar-refractivity contribution in [2.45, 2.75) is 58.5 Å². The van der Waals surface area contributed by atoms with Gasteiger partial charge in [-0.05, 0) is 48.9 Å². The lowest BCUT2D eigenvalue weighted by atomic mass is 9.57. The summed E-state index contributed by atoms with van der Waals surface area (Å²) in [5.41, 5.74) is 0. The Morgan fingerprint density at radius 1 is 0.812 bits per heavy atom. The molecule has 0 radical (unpaired) electrons. The fraction of sp³-hybridized carbons (Fsp3) is 1.00. The predicted octanol–water partition coefficient (Wildman–Crippen LogP) is 3.87. The molecule has 6 atom stereocenters. The Morgan fingerprint density at radius 3 is 2.50 bits per heavy atom. The van der Waals surface area contributed by atoms with Crippen molar-refractivity contribution in [1.82, 2.24) is 0 Å². The Kier molecular flexibility index (Phi) is 2.99. The number of rotatable bonds is 0. The molecule has 0 aromatic rings. The highest BCUT2D eigenvalue weighted by Gasteiger charge is 2.47. The Morgan fingerprint density at radius 2 is 1.62 bits per heavy atom. The summed E-state index contributed by atoms with van der Waals surface area (Å²) in [7, 11) is 0. The third-order valence-corrected chi connectivity index (χ3v) is 5.69. The minimum Gasteiger partial charge on any atom is -0.378 e. The highest BCUT2D eigenvalue weighted by atomic mass is 16.5. The Labute approximate surface area is 99.9 Å². The molecule has 3 rings (SSSR count). The fourth-order valence-electron chi connectivity index (χ4n) is 4.94. The molecular formula is C15H26O. The average molecular weight is 222 g/mol. The molecule has 0 bridgehead atoms. The molecule has 1 heteroatoms. The molecule has 0 spiro atoms. The summed E-state index contributed by atoms with van der Waals surface area (Å²) in [6, 6.07) is 0. The van der Waals surface area contributed by atoms with Gasteiger partial charge in [0.1, 0.15) is 0 Å². The van der Waals surface area contributed by atoms with E-state index in [1.165, 1.54) is 38.5 Å². The minimum absolute atomic E-state index is 0.616. The van der Waals surface area contributed by atoms with Gasteiger partial charge in [0, 0.05) is 6.61 Å². The van der Waals surface area contributed by atoms with Crippen molar-refractivity contribution in [1.29, 1.82) is 0 Å². The average Bonchev–Trinajstić information content (AvgIpc) is 2.29. The molecule has 5 unspecified atom stereocenters. The molecule has 16 heavy (non-hydrogen) atoms. The van der Waals surface area contributed by atoms with Gasteiger partial charge in [0.2, 0.25) is 0 Å². The van der Waals surface area contributed by atoms with E-state index in [-0.39, 0.29) is 0 Å². The van der Waals surface area contributed by atoms with E-state index in [2.05, 4.69) is 13.8 Å². The lowest BCUT2D eigenvalue weighted by Gasteiger charge is -2.52. The van der Waals surface area contributed by atoms with E-state index < -0.39 is 0 Å². The van der Waals surface area contributed by atoms with Crippen LogP contribution in [-0.4, -0.2) is 12.7 Å². The van der Waals surface area contributed by atoms with Crippen molar-refractivity contribution in [2.75, 3.05) is 6.61 Å². The molecule has 0 N–H and O–H groups in total. The van der Waals surface area contributed by atoms with Crippen LogP contribution in [0.25, 0.3) is 0 Å². The lowest BCUT2D eigenvalue weighted by Crippen LogP contribution is -2.49. The van der Waals surface area contributed by atoms with Gasteiger partial charge >= 0.3 is 0 Å². The molecule has 3 aliphatic rings. The van der Waals surface area contributed by atoms with E-state index in [0.717, 1.165) is 36.2 Å². The van der Waals surface area contributed by atoms with Gasteiger partial charge in [-0.15, -0.1) is 0 Å². The third kappa shape index (κ3) is 1.72. The molecule has 0 aromatic carbocycles. The molecule has 2 saturated carbocycles. The smallest absolute Gasteiger partial charge is 0.0608 e. The van der Waals surface area contributed by atoms with Crippen LogP contribution in [0.4, 0.5) is 0 Å². The first-order chi connectivity index (χ1) is 7.77. The molecule has 0 aromatic heterocycles. The Hall–Kier alpha value is -0.0400. The molecule has 2 aliphatic carbocycles. The Bertz CT molecular complexity index is 224. The molecule has 92 valence electrons. The summed E-state index contributed by atoms with van der Waals surface area (Å²) in [5, 5.41) is 0. The van der Waals surface area contributed by atoms with Gasteiger partial charge in [-0.1, -0.05) is 33.1 Å². The maximum atomic E-state index is 6.05. The summed E-state index contributed by atoms with van der Waals surface area (Å²) < 4.78 is 6.05. The van der Waals surface area contributed by atoms with E-state index in [1.807, 2.05) is 0 Å². The second kappa shape index (κ2) is 4.33. The topological polar surface area (TPSA) is 9.23 Å². The van der Waals surface area contributed by atoms with E-state index in [9.17, 15) is 0 Å². The quantitative estimate of drug-likeness (QED) is 0.604. The molecular weight excluding hydrogens is 196 g/mol. The van der Waals surface area contributed by atoms with Crippen LogP contribution in [0.3, 0.4) is 0 Å². The van der Waals surface area contributed by atoms with Crippen LogP contribution < -0.4 is 0 Å². The van der Waals surface area contributed by atoms with E-state index in [4.69, 9.17) is 4.74 Å². The molecule has 1 heterocycles. The number of ether oxygens (including phenoxy) is 1. The van der Waals surface area contributed by atoms with Crippen LogP contribution in [0.15, 0.2) is 0 Å². The summed E-state index contributed by atoms with van der Waals surface area (Å²) >= 11 is 0. The zero-order valence-corrected chi connectivity index (χ0v) is 10.8. The fourth-order valence-corrected chi connectivity index (χ4v) is 4.94. The minimum atomic E-state index is 0.616. The lowest BCUT2D eigenvalue weighted by molar-refractivity contribution is -0.130. The van der Waals surface area contributed by atoms with Crippen LogP contribution in [0.2, 0.25) is 0 Å². The number of fused-ring (bicyclic) bond motifs is 3. The summed E-state index contributed by atoms with van der Waals surface area (Å²) in [6.07, 6.45) is 9.17. The van der Waals surface area contributed by atoms with Crippen LogP contribution in [-0.2, 0) is 4.74 Å². The number of hydrogen-bond donors (Lipinski definition) is 0. The molecule has 1 nitrogen and oxygen atoms in total. The maximum Gasteiger partial charge on any atom is 0.0608 e. The van der Waals surface area contributed by atoms with Gasteiger partial charge in [0.25, 0.3) is 0 Å². The van der Waals surface area contributed by atoms with Gasteiger partial charge in [-0.3, -0.25) is 0 Å². The van der Waals surface area contributed by atoms with Gasteiger partial charge in [0.05, 0.1) is 6.10 Å². The zero-order valence-electron chi connectivity index (χ0n) is 10.8. The van der Waals surface area contributed by atoms with E-state index >= 15 is 0 Å². The zero-order chi connectivity index (χ0) is 11.1. The van der Waals surface area contributed by atoms with E-state index in [0.29, 0.717) is 6.10 Å².